The normalized spacial score (nSPS) is 10.3. The molecule has 0 atom stereocenters. The number of hydrogen-bond acceptors (Lipinski definition) is 5. The van der Waals surface area contributed by atoms with Crippen molar-refractivity contribution in [3.63, 3.8) is 0 Å². The van der Waals surface area contributed by atoms with Crippen LogP contribution in [-0.2, 0) is 0 Å². The Morgan fingerprint density at radius 3 is 2.08 bits per heavy atom. The van der Waals surface area contributed by atoms with Gasteiger partial charge in [-0.15, -0.1) is 0 Å². The van der Waals surface area contributed by atoms with Crippen LogP contribution < -0.4 is 4.74 Å². The van der Waals surface area contributed by atoms with Crippen molar-refractivity contribution in [3.8, 4) is 17.2 Å². The number of hydrogen-bond donors (Lipinski definition) is 3. The summed E-state index contributed by atoms with van der Waals surface area (Å²) in [5, 5.41) is 28.6. The number of aromatic hydroxyl groups is 2. The molecule has 5 heteroatoms. The molecule has 5 nitrogen and oxygen atoms in total. The van der Waals surface area contributed by atoms with Gasteiger partial charge in [0, 0.05) is 22.8 Å². The lowest BCUT2D eigenvalue weighted by Gasteiger charge is -2.11. The number of carbonyl (C=O) groups is 1. The summed E-state index contributed by atoms with van der Waals surface area (Å²) in [5.41, 5.74) is 1.18. The fraction of sp³-hybridized carbons (Fsp3) is 0.0476. The van der Waals surface area contributed by atoms with Gasteiger partial charge in [0.2, 0.25) is 0 Å². The minimum absolute atomic E-state index is 0.0299. The summed E-state index contributed by atoms with van der Waals surface area (Å²) >= 11 is 0. The predicted molar refractivity (Wildman–Crippen MR) is 98.6 cm³/mol. The van der Waals surface area contributed by atoms with E-state index in [1.807, 2.05) is 0 Å². The van der Waals surface area contributed by atoms with Gasteiger partial charge < -0.3 is 14.9 Å². The quantitative estimate of drug-likeness (QED) is 0.484. The first-order chi connectivity index (χ1) is 12.5. The Bertz CT molecular complexity index is 963. The van der Waals surface area contributed by atoms with Crippen LogP contribution in [0.1, 0.15) is 27.0 Å². The molecule has 0 saturated heterocycles. The third-order valence-electron chi connectivity index (χ3n) is 4.04. The Kier molecular flexibility index (Phi) is 4.71. The third kappa shape index (κ3) is 3.28. The number of nitrogens with one attached hydrogen (secondary N) is 1. The first-order valence-corrected chi connectivity index (χ1v) is 7.90. The van der Waals surface area contributed by atoms with Crippen LogP contribution in [0.25, 0.3) is 0 Å². The highest BCUT2D eigenvalue weighted by Crippen LogP contribution is 2.31. The topological polar surface area (TPSA) is 90.6 Å². The Hall–Kier alpha value is -3.60. The number of ether oxygens (including phenoxy) is 1. The summed E-state index contributed by atoms with van der Waals surface area (Å²) in [4.78, 5) is 12.6. The van der Waals surface area contributed by atoms with Gasteiger partial charge in [-0.2, -0.15) is 0 Å². The molecule has 0 aliphatic rings. The van der Waals surface area contributed by atoms with Crippen LogP contribution in [0.2, 0.25) is 0 Å². The molecule has 0 unspecified atom stereocenters. The molecular formula is C21H17NO4. The van der Waals surface area contributed by atoms with Crippen molar-refractivity contribution in [2.45, 2.75) is 0 Å². The number of benzene rings is 3. The van der Waals surface area contributed by atoms with Crippen molar-refractivity contribution in [2.24, 2.45) is 0 Å². The summed E-state index contributed by atoms with van der Waals surface area (Å²) in [6.07, 6.45) is 0. The summed E-state index contributed by atoms with van der Waals surface area (Å²) in [6.45, 7) is 0. The largest absolute Gasteiger partial charge is 0.507 e. The maximum Gasteiger partial charge on any atom is 0.196 e. The molecule has 3 N–H and O–H groups in total. The van der Waals surface area contributed by atoms with Crippen molar-refractivity contribution in [1.29, 1.82) is 5.41 Å². The lowest BCUT2D eigenvalue weighted by molar-refractivity contribution is 0.103. The van der Waals surface area contributed by atoms with Gasteiger partial charge in [0.05, 0.1) is 18.4 Å². The molecule has 0 bridgehead atoms. The summed E-state index contributed by atoms with van der Waals surface area (Å²) in [7, 11) is 1.55. The fourth-order valence-corrected chi connectivity index (χ4v) is 2.62. The van der Waals surface area contributed by atoms with Gasteiger partial charge in [0.25, 0.3) is 0 Å². The maximum absolute atomic E-state index is 12.6. The van der Waals surface area contributed by atoms with E-state index in [9.17, 15) is 15.0 Å². The zero-order valence-corrected chi connectivity index (χ0v) is 14.1. The smallest absolute Gasteiger partial charge is 0.196 e. The van der Waals surface area contributed by atoms with Gasteiger partial charge in [-0.05, 0) is 30.3 Å². The van der Waals surface area contributed by atoms with E-state index in [0.29, 0.717) is 16.9 Å². The van der Waals surface area contributed by atoms with Crippen molar-refractivity contribution in [1.82, 2.24) is 0 Å². The Morgan fingerprint density at radius 1 is 0.846 bits per heavy atom. The van der Waals surface area contributed by atoms with Crippen LogP contribution in [0.4, 0.5) is 0 Å². The van der Waals surface area contributed by atoms with Crippen molar-refractivity contribution in [2.75, 3.05) is 7.11 Å². The predicted octanol–water partition coefficient (Wildman–Crippen LogP) is 3.75. The van der Waals surface area contributed by atoms with Gasteiger partial charge in [-0.3, -0.25) is 10.2 Å². The maximum atomic E-state index is 12.6. The summed E-state index contributed by atoms with van der Waals surface area (Å²) in [6, 6.07) is 17.7. The van der Waals surface area contributed by atoms with Crippen molar-refractivity contribution in [3.05, 3.63) is 89.0 Å². The van der Waals surface area contributed by atoms with E-state index in [1.54, 1.807) is 61.7 Å². The Balaban J connectivity index is 2.02. The molecule has 0 aromatic heterocycles. The van der Waals surface area contributed by atoms with E-state index in [1.165, 1.54) is 6.07 Å². The van der Waals surface area contributed by atoms with Crippen molar-refractivity contribution >= 4 is 11.5 Å². The monoisotopic (exact) mass is 347 g/mol. The highest BCUT2D eigenvalue weighted by molar-refractivity contribution is 6.16. The molecule has 0 aliphatic heterocycles. The first-order valence-electron chi connectivity index (χ1n) is 7.90. The van der Waals surface area contributed by atoms with Gasteiger partial charge in [-0.25, -0.2) is 0 Å². The second kappa shape index (κ2) is 7.11. The number of phenols is 2. The van der Waals surface area contributed by atoms with E-state index in [-0.39, 0.29) is 34.1 Å². The minimum Gasteiger partial charge on any atom is -0.507 e. The molecule has 26 heavy (non-hydrogen) atoms. The molecule has 0 spiro atoms. The minimum atomic E-state index is -0.383. The standard InChI is InChI=1S/C21H17NO4/c1-26-15-9-7-13(8-10-15)20(22)16-11-17(19(24)12-18(16)23)21(25)14-5-3-2-4-6-14/h2-12,22-24H,1H3. The van der Waals surface area contributed by atoms with E-state index < -0.39 is 0 Å². The van der Waals surface area contributed by atoms with Crippen LogP contribution >= 0.6 is 0 Å². The average Bonchev–Trinajstić information content (AvgIpc) is 2.68. The van der Waals surface area contributed by atoms with E-state index in [0.717, 1.165) is 6.07 Å². The molecule has 0 fully saturated rings. The van der Waals surface area contributed by atoms with Crippen LogP contribution in [0.15, 0.2) is 66.7 Å². The molecule has 0 saturated carbocycles. The number of ketones is 1. The van der Waals surface area contributed by atoms with Gasteiger partial charge >= 0.3 is 0 Å². The molecule has 130 valence electrons. The molecule has 3 rings (SSSR count). The molecular weight excluding hydrogens is 330 g/mol. The van der Waals surface area contributed by atoms with Gasteiger partial charge in [0.1, 0.15) is 17.2 Å². The molecule has 0 amide bonds. The van der Waals surface area contributed by atoms with Crippen LogP contribution in [0.5, 0.6) is 17.2 Å². The Labute approximate surface area is 150 Å². The van der Waals surface area contributed by atoms with E-state index in [4.69, 9.17) is 10.1 Å². The Morgan fingerprint density at radius 2 is 1.46 bits per heavy atom. The average molecular weight is 347 g/mol. The zero-order chi connectivity index (χ0) is 18.7. The summed E-state index contributed by atoms with van der Waals surface area (Å²) in [5.74, 6) is -0.334. The third-order valence-corrected chi connectivity index (χ3v) is 4.04. The zero-order valence-electron chi connectivity index (χ0n) is 14.1. The number of methoxy groups -OCH3 is 1. The van der Waals surface area contributed by atoms with Crippen LogP contribution in [-0.4, -0.2) is 28.8 Å². The van der Waals surface area contributed by atoms with Crippen LogP contribution in [0, 0.1) is 5.41 Å². The number of phenolic OH excluding ortho intramolecular Hbond substituents is 2. The van der Waals surface area contributed by atoms with E-state index in [2.05, 4.69) is 0 Å². The summed E-state index contributed by atoms with van der Waals surface area (Å²) < 4.78 is 5.10. The second-order valence-electron chi connectivity index (χ2n) is 5.69. The molecule has 0 radical (unpaired) electrons. The molecule has 0 aliphatic carbocycles. The first kappa shape index (κ1) is 17.2. The molecule has 3 aromatic carbocycles. The lowest BCUT2D eigenvalue weighted by atomic mass is 9.95. The molecule has 3 aromatic rings. The second-order valence-corrected chi connectivity index (χ2v) is 5.69. The molecule has 0 heterocycles. The SMILES string of the molecule is COc1ccc(C(=N)c2cc(C(=O)c3ccccc3)c(O)cc2O)cc1. The van der Waals surface area contributed by atoms with Crippen LogP contribution in [0.3, 0.4) is 0 Å². The van der Waals surface area contributed by atoms with Gasteiger partial charge in [0.15, 0.2) is 5.78 Å². The van der Waals surface area contributed by atoms with E-state index >= 15 is 0 Å². The fourth-order valence-electron chi connectivity index (χ4n) is 2.62. The number of carbonyl (C=O) groups excluding carboxylic acids is 1. The number of rotatable bonds is 5. The van der Waals surface area contributed by atoms with Crippen molar-refractivity contribution < 1.29 is 19.7 Å². The highest BCUT2D eigenvalue weighted by Gasteiger charge is 2.19. The van der Waals surface area contributed by atoms with Gasteiger partial charge in [-0.1, -0.05) is 30.3 Å². The highest BCUT2D eigenvalue weighted by atomic mass is 16.5. The lowest BCUT2D eigenvalue weighted by Crippen LogP contribution is -2.07.